The SMILES string of the molecule is CC(=O)NC(CC(=O)Nc1ccc2c(c1F)CCNC2)c1ccc(C)cc1. The third kappa shape index (κ3) is 4.71. The number of amides is 2. The number of anilines is 1. The molecule has 1 atom stereocenters. The van der Waals surface area contributed by atoms with Gasteiger partial charge in [0.2, 0.25) is 11.8 Å². The number of hydrogen-bond acceptors (Lipinski definition) is 3. The number of rotatable bonds is 5. The maximum absolute atomic E-state index is 14.7. The summed E-state index contributed by atoms with van der Waals surface area (Å²) < 4.78 is 14.7. The second-order valence-electron chi connectivity index (χ2n) is 6.91. The van der Waals surface area contributed by atoms with E-state index < -0.39 is 6.04 Å². The fraction of sp³-hybridized carbons (Fsp3) is 0.333. The second-order valence-corrected chi connectivity index (χ2v) is 6.91. The van der Waals surface area contributed by atoms with Crippen LogP contribution in [0.4, 0.5) is 10.1 Å². The molecule has 3 N–H and O–H groups in total. The Labute approximate surface area is 158 Å². The molecule has 2 aromatic rings. The van der Waals surface area contributed by atoms with Gasteiger partial charge >= 0.3 is 0 Å². The summed E-state index contributed by atoms with van der Waals surface area (Å²) in [5, 5.41) is 8.66. The number of carbonyl (C=O) groups is 2. The fourth-order valence-corrected chi connectivity index (χ4v) is 3.31. The van der Waals surface area contributed by atoms with Crippen molar-refractivity contribution in [3.63, 3.8) is 0 Å². The molecular formula is C21H24FN3O2. The van der Waals surface area contributed by atoms with Crippen LogP contribution >= 0.6 is 0 Å². The molecule has 0 aromatic heterocycles. The second kappa shape index (κ2) is 8.31. The van der Waals surface area contributed by atoms with Gasteiger partial charge in [0.25, 0.3) is 0 Å². The zero-order valence-corrected chi connectivity index (χ0v) is 15.6. The van der Waals surface area contributed by atoms with Crippen LogP contribution < -0.4 is 16.0 Å². The Kier molecular flexibility index (Phi) is 5.86. The largest absolute Gasteiger partial charge is 0.349 e. The van der Waals surface area contributed by atoms with Gasteiger partial charge in [-0.2, -0.15) is 0 Å². The van der Waals surface area contributed by atoms with E-state index in [1.54, 1.807) is 6.07 Å². The summed E-state index contributed by atoms with van der Waals surface area (Å²) in [5.74, 6) is -0.934. The average molecular weight is 369 g/mol. The summed E-state index contributed by atoms with van der Waals surface area (Å²) in [6.45, 7) is 4.74. The van der Waals surface area contributed by atoms with E-state index in [-0.39, 0.29) is 29.7 Å². The molecule has 1 heterocycles. The molecule has 1 aliphatic rings. The molecule has 0 saturated carbocycles. The smallest absolute Gasteiger partial charge is 0.226 e. The number of nitrogens with one attached hydrogen (secondary N) is 3. The Morgan fingerprint density at radius 3 is 2.63 bits per heavy atom. The van der Waals surface area contributed by atoms with Crippen LogP contribution in [0.1, 0.15) is 41.6 Å². The minimum Gasteiger partial charge on any atom is -0.349 e. The van der Waals surface area contributed by atoms with E-state index in [4.69, 9.17) is 0 Å². The van der Waals surface area contributed by atoms with Crippen molar-refractivity contribution in [2.75, 3.05) is 11.9 Å². The lowest BCUT2D eigenvalue weighted by atomic mass is 9.99. The predicted octanol–water partition coefficient (Wildman–Crippen LogP) is 2.99. The van der Waals surface area contributed by atoms with Gasteiger partial charge < -0.3 is 16.0 Å². The Morgan fingerprint density at radius 1 is 1.19 bits per heavy atom. The van der Waals surface area contributed by atoms with Crippen molar-refractivity contribution in [2.45, 2.75) is 39.3 Å². The molecule has 0 fully saturated rings. The van der Waals surface area contributed by atoms with Gasteiger partial charge in [0, 0.05) is 13.5 Å². The zero-order valence-electron chi connectivity index (χ0n) is 15.6. The van der Waals surface area contributed by atoms with Crippen LogP contribution in [0.15, 0.2) is 36.4 Å². The molecule has 6 heteroatoms. The first-order chi connectivity index (χ1) is 12.9. The van der Waals surface area contributed by atoms with E-state index in [1.165, 1.54) is 6.92 Å². The zero-order chi connectivity index (χ0) is 19.4. The van der Waals surface area contributed by atoms with E-state index >= 15 is 0 Å². The maximum atomic E-state index is 14.7. The Hall–Kier alpha value is -2.73. The fourth-order valence-electron chi connectivity index (χ4n) is 3.31. The maximum Gasteiger partial charge on any atom is 0.226 e. The lowest BCUT2D eigenvalue weighted by Crippen LogP contribution is -2.30. The van der Waals surface area contributed by atoms with Gasteiger partial charge in [-0.15, -0.1) is 0 Å². The highest BCUT2D eigenvalue weighted by atomic mass is 19.1. The number of aryl methyl sites for hydroxylation is 1. The minimum absolute atomic E-state index is 0.0285. The summed E-state index contributed by atoms with van der Waals surface area (Å²) in [6, 6.07) is 10.6. The summed E-state index contributed by atoms with van der Waals surface area (Å²) in [4.78, 5) is 24.1. The molecule has 0 bridgehead atoms. The molecule has 2 amide bonds. The standard InChI is InChI=1S/C21H24FN3O2/c1-13-3-5-15(6-4-13)19(24-14(2)26)11-20(27)25-18-8-7-16-12-23-10-9-17(16)21(18)22/h3-8,19,23H,9-12H2,1-2H3,(H,24,26)(H,25,27). The summed E-state index contributed by atoms with van der Waals surface area (Å²) >= 11 is 0. The first-order valence-electron chi connectivity index (χ1n) is 9.08. The van der Waals surface area contributed by atoms with E-state index in [0.717, 1.165) is 23.2 Å². The third-order valence-electron chi connectivity index (χ3n) is 4.73. The van der Waals surface area contributed by atoms with Crippen molar-refractivity contribution in [3.05, 3.63) is 64.5 Å². The van der Waals surface area contributed by atoms with Crippen molar-refractivity contribution in [3.8, 4) is 0 Å². The lowest BCUT2D eigenvalue weighted by Gasteiger charge is -2.21. The number of hydrogen-bond donors (Lipinski definition) is 3. The van der Waals surface area contributed by atoms with Crippen molar-refractivity contribution in [2.24, 2.45) is 0 Å². The van der Waals surface area contributed by atoms with Gasteiger partial charge in [0.15, 0.2) is 0 Å². The molecule has 2 aromatic carbocycles. The molecule has 1 aliphatic heterocycles. The molecule has 0 saturated heterocycles. The van der Waals surface area contributed by atoms with Crippen molar-refractivity contribution >= 4 is 17.5 Å². The first kappa shape index (κ1) is 19.0. The minimum atomic E-state index is -0.465. The number of benzene rings is 2. The summed E-state index contributed by atoms with van der Waals surface area (Å²) in [5.41, 5.74) is 3.69. The molecule has 0 radical (unpaired) electrons. The molecule has 142 valence electrons. The highest BCUT2D eigenvalue weighted by Gasteiger charge is 2.20. The predicted molar refractivity (Wildman–Crippen MR) is 103 cm³/mol. The molecular weight excluding hydrogens is 345 g/mol. The van der Waals surface area contributed by atoms with Crippen molar-refractivity contribution in [1.29, 1.82) is 0 Å². The lowest BCUT2D eigenvalue weighted by molar-refractivity contribution is -0.120. The van der Waals surface area contributed by atoms with Gasteiger partial charge in [-0.05, 0) is 42.6 Å². The number of carbonyl (C=O) groups excluding carboxylic acids is 2. The van der Waals surface area contributed by atoms with Crippen LogP contribution in [0.5, 0.6) is 0 Å². The van der Waals surface area contributed by atoms with E-state index in [0.29, 0.717) is 18.5 Å². The molecule has 27 heavy (non-hydrogen) atoms. The van der Waals surface area contributed by atoms with Gasteiger partial charge in [0.05, 0.1) is 18.2 Å². The Morgan fingerprint density at radius 2 is 1.93 bits per heavy atom. The topological polar surface area (TPSA) is 70.2 Å². The average Bonchev–Trinajstić information content (AvgIpc) is 2.64. The number of halogens is 1. The van der Waals surface area contributed by atoms with Gasteiger partial charge in [-0.3, -0.25) is 9.59 Å². The van der Waals surface area contributed by atoms with Crippen LogP contribution in [0, 0.1) is 12.7 Å². The molecule has 5 nitrogen and oxygen atoms in total. The van der Waals surface area contributed by atoms with Crippen molar-refractivity contribution in [1.82, 2.24) is 10.6 Å². The van der Waals surface area contributed by atoms with E-state index in [2.05, 4.69) is 16.0 Å². The van der Waals surface area contributed by atoms with Gasteiger partial charge in [-0.1, -0.05) is 35.9 Å². The van der Waals surface area contributed by atoms with E-state index in [9.17, 15) is 14.0 Å². The molecule has 0 aliphatic carbocycles. The highest BCUT2D eigenvalue weighted by Crippen LogP contribution is 2.25. The van der Waals surface area contributed by atoms with Crippen LogP contribution in [-0.2, 0) is 22.6 Å². The van der Waals surface area contributed by atoms with Gasteiger partial charge in [-0.25, -0.2) is 4.39 Å². The Bertz CT molecular complexity index is 849. The summed E-state index contributed by atoms with van der Waals surface area (Å²) in [7, 11) is 0. The molecule has 0 spiro atoms. The highest BCUT2D eigenvalue weighted by molar-refractivity contribution is 5.92. The van der Waals surface area contributed by atoms with Crippen molar-refractivity contribution < 1.29 is 14.0 Å². The summed E-state index contributed by atoms with van der Waals surface area (Å²) in [6.07, 6.45) is 0.628. The first-order valence-corrected chi connectivity index (χ1v) is 9.08. The monoisotopic (exact) mass is 369 g/mol. The van der Waals surface area contributed by atoms with Crippen LogP contribution in [0.25, 0.3) is 0 Å². The normalized spacial score (nSPS) is 14.2. The third-order valence-corrected chi connectivity index (χ3v) is 4.73. The van der Waals surface area contributed by atoms with E-state index in [1.807, 2.05) is 37.3 Å². The number of fused-ring (bicyclic) bond motifs is 1. The Balaban J connectivity index is 1.74. The van der Waals surface area contributed by atoms with Crippen LogP contribution in [0.2, 0.25) is 0 Å². The quantitative estimate of drug-likeness (QED) is 0.759. The van der Waals surface area contributed by atoms with Crippen LogP contribution in [-0.4, -0.2) is 18.4 Å². The molecule has 3 rings (SSSR count). The van der Waals surface area contributed by atoms with Gasteiger partial charge in [0.1, 0.15) is 5.82 Å². The van der Waals surface area contributed by atoms with Crippen LogP contribution in [0.3, 0.4) is 0 Å². The molecule has 1 unspecified atom stereocenters.